The number of aliphatic hydroxyl groups is 7. The van der Waals surface area contributed by atoms with Crippen molar-refractivity contribution in [3.8, 4) is 0 Å². The maximum Gasteiger partial charge on any atom is 0.271 e. The number of carbonyl (C=O) groups is 1. The Hall–Kier alpha value is -3.65. The lowest BCUT2D eigenvalue weighted by atomic mass is 9.81. The van der Waals surface area contributed by atoms with E-state index in [0.29, 0.717) is 0 Å². The number of hydrogen-bond donors (Lipinski definition) is 13. The fourth-order valence-corrected chi connectivity index (χ4v) is 5.86. The number of rotatable bonds is 11. The molecule has 3 heterocycles. The van der Waals surface area contributed by atoms with Crippen molar-refractivity contribution in [2.24, 2.45) is 38.0 Å². The van der Waals surface area contributed by atoms with Crippen molar-refractivity contribution in [1.82, 2.24) is 15.7 Å². The number of nitrogens with two attached hydrogens (primary N) is 4. The summed E-state index contributed by atoms with van der Waals surface area (Å²) in [7, 11) is 1.43. The smallest absolute Gasteiger partial charge is 0.271 e. The van der Waals surface area contributed by atoms with Gasteiger partial charge in [-0.25, -0.2) is 15.4 Å². The molecule has 1 aromatic rings. The number of amides is 1. The van der Waals surface area contributed by atoms with Crippen LogP contribution < -0.4 is 33.7 Å². The Balaban J connectivity index is 1.71. The molecule has 1 aliphatic carbocycles. The number of carbonyl (C=O) groups excluding carboxylic acids is 1. The van der Waals surface area contributed by atoms with Crippen LogP contribution in [0.5, 0.6) is 0 Å². The minimum Gasteiger partial charge on any atom is -0.394 e. The SMILES string of the molecule is CNC1C(OC2C(OC3C(O)C(O)C(N=C(N)N)C(O)C3N=C(N)N)OC(C)C2(O)/C=N/NC(=O)c2ccncc2)OC(CO)C(O)C1O. The summed E-state index contributed by atoms with van der Waals surface area (Å²) >= 11 is 0. The van der Waals surface area contributed by atoms with Crippen LogP contribution in [0.2, 0.25) is 0 Å². The summed E-state index contributed by atoms with van der Waals surface area (Å²) in [6.07, 6.45) is -14.0. The lowest BCUT2D eigenvalue weighted by molar-refractivity contribution is -0.313. The summed E-state index contributed by atoms with van der Waals surface area (Å²) in [6.45, 7) is 0.673. The lowest BCUT2D eigenvalue weighted by Crippen LogP contribution is -2.66. The van der Waals surface area contributed by atoms with E-state index in [1.807, 2.05) is 0 Å². The third kappa shape index (κ3) is 8.06. The van der Waals surface area contributed by atoms with Gasteiger partial charge in [-0.1, -0.05) is 0 Å². The average Bonchev–Trinajstić information content (AvgIpc) is 3.29. The fourth-order valence-electron chi connectivity index (χ4n) is 5.86. The van der Waals surface area contributed by atoms with Crippen LogP contribution in [0.15, 0.2) is 39.6 Å². The van der Waals surface area contributed by atoms with E-state index in [2.05, 4.69) is 30.8 Å². The number of aliphatic imine (C=N–C) groups is 2. The fraction of sp³-hybridized carbons (Fsp3) is 0.667. The van der Waals surface area contributed by atoms with Crippen molar-refractivity contribution in [1.29, 1.82) is 0 Å². The van der Waals surface area contributed by atoms with Gasteiger partial charge in [-0.05, 0) is 26.1 Å². The Morgan fingerprint density at radius 1 is 0.939 bits per heavy atom. The first kappa shape index (κ1) is 38.2. The molecule has 2 saturated heterocycles. The molecular formula is C27H44N10O12. The second kappa shape index (κ2) is 15.9. The molecule has 4 rings (SSSR count). The van der Waals surface area contributed by atoms with Gasteiger partial charge in [0.1, 0.15) is 60.9 Å². The van der Waals surface area contributed by atoms with Crippen LogP contribution in [0.1, 0.15) is 17.3 Å². The molecule has 274 valence electrons. The Kier molecular flexibility index (Phi) is 12.4. The molecule has 15 unspecified atom stereocenters. The van der Waals surface area contributed by atoms with E-state index < -0.39 is 116 Å². The monoisotopic (exact) mass is 700 g/mol. The number of hydrazone groups is 1. The van der Waals surface area contributed by atoms with E-state index in [1.165, 1.54) is 38.5 Å². The van der Waals surface area contributed by atoms with Crippen molar-refractivity contribution in [2.45, 2.75) is 98.2 Å². The molecule has 0 bridgehead atoms. The van der Waals surface area contributed by atoms with Gasteiger partial charge in [0.25, 0.3) is 5.91 Å². The highest BCUT2D eigenvalue weighted by molar-refractivity contribution is 5.94. The van der Waals surface area contributed by atoms with Gasteiger partial charge < -0.3 is 82.9 Å². The number of nitrogens with one attached hydrogen (secondary N) is 2. The molecule has 1 amide bonds. The molecule has 17 N–H and O–H groups in total. The van der Waals surface area contributed by atoms with E-state index in [9.17, 15) is 40.5 Å². The van der Waals surface area contributed by atoms with Crippen molar-refractivity contribution in [3.63, 3.8) is 0 Å². The van der Waals surface area contributed by atoms with Crippen LogP contribution in [0, 0.1) is 0 Å². The van der Waals surface area contributed by atoms with E-state index >= 15 is 0 Å². The second-order valence-corrected chi connectivity index (χ2v) is 11.7. The zero-order chi connectivity index (χ0) is 36.2. The van der Waals surface area contributed by atoms with Crippen LogP contribution in [-0.2, 0) is 18.9 Å². The Bertz CT molecular complexity index is 1350. The van der Waals surface area contributed by atoms with Gasteiger partial charge >= 0.3 is 0 Å². The minimum absolute atomic E-state index is 0.201. The van der Waals surface area contributed by atoms with Gasteiger partial charge in [0.15, 0.2) is 30.1 Å². The lowest BCUT2D eigenvalue weighted by Gasteiger charge is -2.45. The Morgan fingerprint density at radius 2 is 1.57 bits per heavy atom. The van der Waals surface area contributed by atoms with Crippen LogP contribution in [-0.4, -0.2) is 170 Å². The number of aliphatic hydroxyl groups excluding tert-OH is 6. The highest BCUT2D eigenvalue weighted by Gasteiger charge is 2.60. The summed E-state index contributed by atoms with van der Waals surface area (Å²) < 4.78 is 23.8. The number of hydrogen-bond acceptors (Lipinski definition) is 17. The predicted molar refractivity (Wildman–Crippen MR) is 167 cm³/mol. The molecule has 3 aliphatic rings. The van der Waals surface area contributed by atoms with Gasteiger partial charge in [0.05, 0.1) is 25.0 Å². The molecule has 0 spiro atoms. The number of aromatic nitrogens is 1. The molecular weight excluding hydrogens is 656 g/mol. The largest absolute Gasteiger partial charge is 0.394 e. The number of likely N-dealkylation sites (N-methyl/N-ethyl adjacent to an activating group) is 1. The first-order valence-electron chi connectivity index (χ1n) is 15.1. The topological polar surface area (TPSA) is 374 Å². The molecule has 15 atom stereocenters. The molecule has 1 aromatic heterocycles. The summed E-state index contributed by atoms with van der Waals surface area (Å²) in [5.74, 6) is -1.71. The first-order chi connectivity index (χ1) is 23.1. The van der Waals surface area contributed by atoms with Crippen LogP contribution in [0.3, 0.4) is 0 Å². The molecule has 3 fully saturated rings. The average molecular weight is 701 g/mol. The second-order valence-electron chi connectivity index (χ2n) is 11.7. The zero-order valence-corrected chi connectivity index (χ0v) is 26.4. The third-order valence-electron chi connectivity index (χ3n) is 8.53. The van der Waals surface area contributed by atoms with E-state index in [1.54, 1.807) is 0 Å². The quantitative estimate of drug-likeness (QED) is 0.0579. The van der Waals surface area contributed by atoms with Gasteiger partial charge in [-0.15, -0.1) is 0 Å². The standard InChI is InChI=1S/C27H44N10O12/c1-9-27(45,8-34-37-22(44)10-3-5-33-6-4-10)21(49-23-14(32-2)18(42)15(39)11(7-38)47-23)24(46-9)48-20-13(36-26(30)31)16(40)12(35-25(28)29)17(41)19(20)43/h3-6,8-9,11-21,23-24,32,38-43,45H,7H2,1-2H3,(H,37,44)(H4,28,29,35)(H4,30,31,36)/b34-8+. The maximum absolute atomic E-state index is 12.6. The number of nitrogens with zero attached hydrogens (tertiary/aromatic N) is 4. The summed E-state index contributed by atoms with van der Waals surface area (Å²) in [4.78, 5) is 24.2. The molecule has 2 aliphatic heterocycles. The van der Waals surface area contributed by atoms with Crippen LogP contribution in [0.4, 0.5) is 0 Å². The summed E-state index contributed by atoms with van der Waals surface area (Å²) in [6, 6.07) is -1.32. The first-order valence-corrected chi connectivity index (χ1v) is 15.1. The molecule has 0 aromatic carbocycles. The predicted octanol–water partition coefficient (Wildman–Crippen LogP) is -7.55. The minimum atomic E-state index is -2.28. The molecule has 22 nitrogen and oxygen atoms in total. The normalized spacial score (nSPS) is 40.9. The van der Waals surface area contributed by atoms with Gasteiger partial charge in [-0.3, -0.25) is 9.78 Å². The van der Waals surface area contributed by atoms with Crippen molar-refractivity contribution < 1.29 is 59.5 Å². The van der Waals surface area contributed by atoms with Gasteiger partial charge in [0.2, 0.25) is 0 Å². The summed E-state index contributed by atoms with van der Waals surface area (Å²) in [5.41, 5.74) is 22.3. The third-order valence-corrected chi connectivity index (χ3v) is 8.53. The molecule has 22 heteroatoms. The molecule has 1 saturated carbocycles. The number of pyridine rings is 1. The van der Waals surface area contributed by atoms with Crippen molar-refractivity contribution >= 4 is 24.0 Å². The van der Waals surface area contributed by atoms with Gasteiger partial charge in [0, 0.05) is 18.0 Å². The Morgan fingerprint density at radius 3 is 2.16 bits per heavy atom. The number of ether oxygens (including phenoxy) is 4. The van der Waals surface area contributed by atoms with E-state index in [4.69, 9.17) is 41.9 Å². The van der Waals surface area contributed by atoms with Crippen molar-refractivity contribution in [3.05, 3.63) is 30.1 Å². The zero-order valence-electron chi connectivity index (χ0n) is 26.4. The highest BCUT2D eigenvalue weighted by atomic mass is 16.8. The Labute approximate surface area is 279 Å². The van der Waals surface area contributed by atoms with Gasteiger partial charge in [-0.2, -0.15) is 5.10 Å². The maximum atomic E-state index is 12.6. The van der Waals surface area contributed by atoms with E-state index in [-0.39, 0.29) is 5.56 Å². The van der Waals surface area contributed by atoms with Crippen LogP contribution >= 0.6 is 0 Å². The van der Waals surface area contributed by atoms with Crippen molar-refractivity contribution in [2.75, 3.05) is 13.7 Å². The highest BCUT2D eigenvalue weighted by Crippen LogP contribution is 2.38. The number of guanidine groups is 2. The van der Waals surface area contributed by atoms with E-state index in [0.717, 1.165) is 6.21 Å². The molecule has 0 radical (unpaired) electrons. The van der Waals surface area contributed by atoms with Crippen LogP contribution in [0.25, 0.3) is 0 Å². The summed E-state index contributed by atoms with van der Waals surface area (Å²) in [5, 5.41) is 82.7. The molecule has 49 heavy (non-hydrogen) atoms.